The third-order valence-corrected chi connectivity index (χ3v) is 3.33. The van der Waals surface area contributed by atoms with Crippen LogP contribution in [0.4, 0.5) is 5.00 Å². The molecule has 0 bridgehead atoms. The fraction of sp³-hybridized carbons (Fsp3) is 0.444. The van der Waals surface area contributed by atoms with E-state index in [-0.39, 0.29) is 6.42 Å². The largest absolute Gasteiger partial charge is 0.481 e. The third-order valence-electron chi connectivity index (χ3n) is 1.68. The number of thiophene rings is 1. The summed E-state index contributed by atoms with van der Waals surface area (Å²) >= 11 is 5.01. The van der Waals surface area contributed by atoms with Crippen LogP contribution < -0.4 is 5.32 Å². The summed E-state index contributed by atoms with van der Waals surface area (Å²) in [5.41, 5.74) is 0. The highest BCUT2D eigenvalue weighted by Crippen LogP contribution is 2.24. The number of carbonyl (C=O) groups is 1. The van der Waals surface area contributed by atoms with Crippen LogP contribution in [0.25, 0.3) is 0 Å². The molecular weight excluding hydrogens is 266 g/mol. The molecule has 0 amide bonds. The molecule has 0 spiro atoms. The van der Waals surface area contributed by atoms with Crippen molar-refractivity contribution in [2.45, 2.75) is 19.3 Å². The first-order valence-electron chi connectivity index (χ1n) is 4.38. The monoisotopic (exact) mass is 277 g/mol. The van der Waals surface area contributed by atoms with Crippen molar-refractivity contribution >= 4 is 38.2 Å². The molecule has 2 N–H and O–H groups in total. The summed E-state index contributed by atoms with van der Waals surface area (Å²) in [6, 6.07) is 2.02. The van der Waals surface area contributed by atoms with Gasteiger partial charge in [0, 0.05) is 22.8 Å². The topological polar surface area (TPSA) is 49.3 Å². The molecule has 0 unspecified atom stereocenters. The van der Waals surface area contributed by atoms with E-state index in [1.807, 2.05) is 11.4 Å². The molecule has 0 atom stereocenters. The van der Waals surface area contributed by atoms with Crippen LogP contribution in [0.5, 0.6) is 0 Å². The van der Waals surface area contributed by atoms with Gasteiger partial charge in [-0.25, -0.2) is 0 Å². The van der Waals surface area contributed by atoms with Crippen LogP contribution in [-0.4, -0.2) is 17.6 Å². The molecule has 1 aromatic heterocycles. The lowest BCUT2D eigenvalue weighted by Gasteiger charge is -2.01. The van der Waals surface area contributed by atoms with Gasteiger partial charge in [-0.3, -0.25) is 4.79 Å². The smallest absolute Gasteiger partial charge is 0.303 e. The molecule has 14 heavy (non-hydrogen) atoms. The van der Waals surface area contributed by atoms with Crippen LogP contribution in [0.1, 0.15) is 19.3 Å². The van der Waals surface area contributed by atoms with Crippen molar-refractivity contribution < 1.29 is 9.90 Å². The average molecular weight is 278 g/mol. The Balaban J connectivity index is 2.07. The Morgan fingerprint density at radius 3 is 2.93 bits per heavy atom. The summed E-state index contributed by atoms with van der Waals surface area (Å²) in [6.07, 6.45) is 1.88. The van der Waals surface area contributed by atoms with Crippen molar-refractivity contribution in [1.29, 1.82) is 0 Å². The first-order chi connectivity index (χ1) is 6.68. The first-order valence-corrected chi connectivity index (χ1v) is 6.05. The van der Waals surface area contributed by atoms with Gasteiger partial charge in [0.2, 0.25) is 0 Å². The number of rotatable bonds is 6. The van der Waals surface area contributed by atoms with Gasteiger partial charge in [0.1, 0.15) is 0 Å². The second-order valence-electron chi connectivity index (χ2n) is 2.91. The Morgan fingerprint density at radius 2 is 2.36 bits per heavy atom. The van der Waals surface area contributed by atoms with Crippen LogP contribution in [0, 0.1) is 0 Å². The van der Waals surface area contributed by atoms with Gasteiger partial charge in [-0.15, -0.1) is 11.3 Å². The van der Waals surface area contributed by atoms with Crippen molar-refractivity contribution in [2.75, 3.05) is 11.9 Å². The second-order valence-corrected chi connectivity index (χ2v) is 4.73. The van der Waals surface area contributed by atoms with Gasteiger partial charge in [-0.05, 0) is 34.8 Å². The minimum Gasteiger partial charge on any atom is -0.481 e. The molecule has 0 radical (unpaired) electrons. The maximum atomic E-state index is 10.2. The summed E-state index contributed by atoms with van der Waals surface area (Å²) in [7, 11) is 0. The zero-order valence-electron chi connectivity index (χ0n) is 7.62. The number of unbranched alkanes of at least 4 members (excludes halogenated alkanes) is 1. The lowest BCUT2D eigenvalue weighted by atomic mass is 10.2. The molecule has 0 fully saturated rings. The molecule has 3 nitrogen and oxygen atoms in total. The van der Waals surface area contributed by atoms with Gasteiger partial charge < -0.3 is 10.4 Å². The first kappa shape index (κ1) is 11.5. The fourth-order valence-electron chi connectivity index (χ4n) is 1.02. The Labute approximate surface area is 95.3 Å². The molecule has 0 saturated carbocycles. The predicted molar refractivity (Wildman–Crippen MR) is 62.0 cm³/mol. The van der Waals surface area contributed by atoms with Gasteiger partial charge in [0.05, 0.1) is 5.00 Å². The van der Waals surface area contributed by atoms with E-state index < -0.39 is 5.97 Å². The van der Waals surface area contributed by atoms with Gasteiger partial charge in [0.15, 0.2) is 0 Å². The Morgan fingerprint density at radius 1 is 1.57 bits per heavy atom. The lowest BCUT2D eigenvalue weighted by Crippen LogP contribution is -2.01. The summed E-state index contributed by atoms with van der Waals surface area (Å²) in [6.45, 7) is 0.834. The molecule has 1 aromatic rings. The van der Waals surface area contributed by atoms with Crippen LogP contribution in [0.15, 0.2) is 15.9 Å². The van der Waals surface area contributed by atoms with Gasteiger partial charge in [-0.2, -0.15) is 0 Å². The number of halogens is 1. The van der Waals surface area contributed by atoms with Gasteiger partial charge >= 0.3 is 5.97 Å². The number of hydrogen-bond acceptors (Lipinski definition) is 3. The van der Waals surface area contributed by atoms with Crippen molar-refractivity contribution in [3.63, 3.8) is 0 Å². The molecule has 0 aliphatic heterocycles. The minimum absolute atomic E-state index is 0.260. The highest BCUT2D eigenvalue weighted by atomic mass is 79.9. The number of carboxylic acid groups (broad SMARTS) is 1. The number of nitrogens with one attached hydrogen (secondary N) is 1. The molecule has 0 aromatic carbocycles. The summed E-state index contributed by atoms with van der Waals surface area (Å²) in [5.74, 6) is -0.719. The summed E-state index contributed by atoms with van der Waals surface area (Å²) in [5, 5.41) is 14.8. The molecule has 0 aliphatic rings. The number of aliphatic carboxylic acids is 1. The lowest BCUT2D eigenvalue weighted by molar-refractivity contribution is -0.137. The number of anilines is 1. The van der Waals surface area contributed by atoms with Crippen LogP contribution in [0.2, 0.25) is 0 Å². The normalized spacial score (nSPS) is 10.1. The van der Waals surface area contributed by atoms with E-state index in [9.17, 15) is 4.79 Å². The standard InChI is InChI=1S/C9H12BrNO2S/c10-7-5-8(14-6-7)11-4-2-1-3-9(12)13/h5-6,11H,1-4H2,(H,12,13). The maximum Gasteiger partial charge on any atom is 0.303 e. The van der Waals surface area contributed by atoms with Crippen molar-refractivity contribution in [2.24, 2.45) is 0 Å². The maximum absolute atomic E-state index is 10.2. The summed E-state index contributed by atoms with van der Waals surface area (Å²) in [4.78, 5) is 10.2. The fourth-order valence-corrected chi connectivity index (χ4v) is 2.37. The van der Waals surface area contributed by atoms with Gasteiger partial charge in [0.25, 0.3) is 0 Å². The van der Waals surface area contributed by atoms with E-state index >= 15 is 0 Å². The molecule has 78 valence electrons. The van der Waals surface area contributed by atoms with Crippen molar-refractivity contribution in [3.05, 3.63) is 15.9 Å². The van der Waals surface area contributed by atoms with Crippen molar-refractivity contribution in [3.8, 4) is 0 Å². The number of hydrogen-bond donors (Lipinski definition) is 2. The SMILES string of the molecule is O=C(O)CCCCNc1cc(Br)cs1. The molecule has 1 rings (SSSR count). The quantitative estimate of drug-likeness (QED) is 0.786. The third kappa shape index (κ3) is 4.62. The van der Waals surface area contributed by atoms with E-state index in [2.05, 4.69) is 21.2 Å². The Kier molecular flexibility index (Phi) is 4.97. The van der Waals surface area contributed by atoms with Crippen LogP contribution >= 0.6 is 27.3 Å². The predicted octanol–water partition coefficient (Wildman–Crippen LogP) is 3.18. The van der Waals surface area contributed by atoms with E-state index in [0.29, 0.717) is 0 Å². The zero-order chi connectivity index (χ0) is 10.4. The molecule has 1 heterocycles. The highest BCUT2D eigenvalue weighted by molar-refractivity contribution is 9.10. The van der Waals surface area contributed by atoms with Gasteiger partial charge in [-0.1, -0.05) is 0 Å². The Bertz CT molecular complexity index is 301. The molecule has 0 saturated heterocycles. The second kappa shape index (κ2) is 6.03. The summed E-state index contributed by atoms with van der Waals surface area (Å²) < 4.78 is 1.08. The van der Waals surface area contributed by atoms with Crippen molar-refractivity contribution in [1.82, 2.24) is 0 Å². The molecule has 5 heteroatoms. The molecule has 0 aliphatic carbocycles. The molecular formula is C9H12BrNO2S. The van der Waals surface area contributed by atoms with E-state index in [0.717, 1.165) is 28.9 Å². The highest BCUT2D eigenvalue weighted by Gasteiger charge is 1.98. The van der Waals surface area contributed by atoms with E-state index in [1.165, 1.54) is 0 Å². The number of carboxylic acids is 1. The van der Waals surface area contributed by atoms with Crippen LogP contribution in [-0.2, 0) is 4.79 Å². The van der Waals surface area contributed by atoms with E-state index in [4.69, 9.17) is 5.11 Å². The average Bonchev–Trinajstić information content (AvgIpc) is 2.50. The van der Waals surface area contributed by atoms with E-state index in [1.54, 1.807) is 11.3 Å². The minimum atomic E-state index is -0.719. The zero-order valence-corrected chi connectivity index (χ0v) is 10.0. The van der Waals surface area contributed by atoms with Crippen LogP contribution in [0.3, 0.4) is 0 Å². The Hall–Kier alpha value is -0.550.